The van der Waals surface area contributed by atoms with E-state index in [0.29, 0.717) is 0 Å². The molecule has 4 aliphatic rings. The molecule has 178 valence electrons. The second-order valence-electron chi connectivity index (χ2n) is 10.9. The summed E-state index contributed by atoms with van der Waals surface area (Å²) in [6, 6.07) is 0. The molecule has 2 saturated heterocycles. The Bertz CT molecular complexity index is 849. The van der Waals surface area contributed by atoms with Crippen molar-refractivity contribution in [3.05, 3.63) is 57.2 Å². The van der Waals surface area contributed by atoms with Crippen LogP contribution in [0.1, 0.15) is 81.1 Å². The molecule has 0 aromatic carbocycles. The first kappa shape index (κ1) is 28.8. The molecule has 33 heavy (non-hydrogen) atoms. The quantitative estimate of drug-likeness (QED) is 0.143. The maximum absolute atomic E-state index is 3.24. The van der Waals surface area contributed by atoms with E-state index in [-0.39, 0.29) is 32.9 Å². The van der Waals surface area contributed by atoms with Crippen LogP contribution in [0.15, 0.2) is 45.0 Å². The van der Waals surface area contributed by atoms with E-state index < -0.39 is 0 Å². The normalized spacial score (nSPS) is 27.9. The Labute approximate surface area is 216 Å². The van der Waals surface area contributed by atoms with Gasteiger partial charge in [0, 0.05) is 0 Å². The van der Waals surface area contributed by atoms with Crippen LogP contribution in [0, 0.1) is 35.8 Å². The van der Waals surface area contributed by atoms with E-state index in [2.05, 4.69) is 102 Å². The van der Waals surface area contributed by atoms with Crippen molar-refractivity contribution in [1.29, 1.82) is 0 Å². The summed E-state index contributed by atoms with van der Waals surface area (Å²) >= 11 is 0. The smallest absolute Gasteiger partial charge is 0.286 e. The summed E-state index contributed by atoms with van der Waals surface area (Å²) in [6.45, 7) is 18.9. The molecule has 4 atom stereocenters. The van der Waals surface area contributed by atoms with E-state index in [0.717, 1.165) is 46.3 Å². The van der Waals surface area contributed by atoms with Gasteiger partial charge in [-0.25, -0.2) is 11.5 Å². The fourth-order valence-electron chi connectivity index (χ4n) is 5.70. The van der Waals surface area contributed by atoms with Gasteiger partial charge in [-0.3, -0.25) is 22.9 Å². The van der Waals surface area contributed by atoms with Gasteiger partial charge in [0.05, 0.1) is 0 Å². The minimum atomic E-state index is -0.0826. The van der Waals surface area contributed by atoms with E-state index in [4.69, 9.17) is 0 Å². The predicted molar refractivity (Wildman–Crippen MR) is 141 cm³/mol. The summed E-state index contributed by atoms with van der Waals surface area (Å²) in [5.41, 5.74) is 21.7. The minimum absolute atomic E-state index is 0. The van der Waals surface area contributed by atoms with Crippen LogP contribution in [-0.4, -0.2) is 22.6 Å². The molecule has 0 spiro atoms. The van der Waals surface area contributed by atoms with Gasteiger partial charge < -0.3 is 0 Å². The molecule has 0 bridgehead atoms. The van der Waals surface area contributed by atoms with Gasteiger partial charge in [-0.05, 0) is 72.0 Å². The zero-order valence-corrected chi connectivity index (χ0v) is 24.6. The first-order valence-corrected chi connectivity index (χ1v) is 15.5. The van der Waals surface area contributed by atoms with E-state index in [1.807, 2.05) is 0 Å². The molecule has 0 amide bonds. The summed E-state index contributed by atoms with van der Waals surface area (Å²) in [4.78, 5) is 0. The second kappa shape index (κ2) is 13.0. The van der Waals surface area contributed by atoms with Crippen molar-refractivity contribution < 1.29 is 17.1 Å². The first-order chi connectivity index (χ1) is 15.2. The molecule has 0 unspecified atom stereocenters. The molecular weight excluding hydrogens is 478 g/mol. The summed E-state index contributed by atoms with van der Waals surface area (Å²) in [7, 11) is -0.165. The zero-order chi connectivity index (χ0) is 23.4. The fourth-order valence-corrected chi connectivity index (χ4v) is 13.0. The van der Waals surface area contributed by atoms with E-state index in [1.54, 1.807) is 0 Å². The maximum Gasteiger partial charge on any atom is 2.00 e. The molecule has 3 heteroatoms. The molecule has 0 radical (unpaired) electrons. The van der Waals surface area contributed by atoms with Gasteiger partial charge in [0.15, 0.2) is 0 Å². The third-order valence-electron chi connectivity index (χ3n) is 7.39. The minimum Gasteiger partial charge on any atom is -0.286 e. The number of hydrogen-bond donors (Lipinski definition) is 0. The van der Waals surface area contributed by atoms with Crippen molar-refractivity contribution in [3.63, 3.8) is 0 Å². The molecule has 2 aliphatic carbocycles. The molecular formula is C30H40FeP2. The summed E-state index contributed by atoms with van der Waals surface area (Å²) in [5.74, 6) is 3.14. The van der Waals surface area contributed by atoms with Gasteiger partial charge >= 0.3 is 17.1 Å². The van der Waals surface area contributed by atoms with Gasteiger partial charge in [-0.15, -0.1) is 22.8 Å². The van der Waals surface area contributed by atoms with Crippen molar-refractivity contribution in [2.75, 3.05) is 0 Å². The molecule has 2 fully saturated rings. The van der Waals surface area contributed by atoms with Crippen LogP contribution in [0.3, 0.4) is 0 Å². The Morgan fingerprint density at radius 1 is 0.576 bits per heavy atom. The van der Waals surface area contributed by atoms with Crippen LogP contribution in [-0.2, 0) is 17.1 Å². The Hall–Kier alpha value is -0.461. The molecule has 4 rings (SSSR count). The van der Waals surface area contributed by atoms with Gasteiger partial charge in [-0.1, -0.05) is 71.2 Å². The summed E-state index contributed by atoms with van der Waals surface area (Å²) in [6.07, 6.45) is 12.0. The number of hydrogen-bond acceptors (Lipinski definition) is 0. The number of allylic oxidation sites excluding steroid dienone is 4. The van der Waals surface area contributed by atoms with Gasteiger partial charge in [0.1, 0.15) is 0 Å². The van der Waals surface area contributed by atoms with Crippen molar-refractivity contribution in [3.8, 4) is 0 Å². The van der Waals surface area contributed by atoms with Crippen molar-refractivity contribution in [2.45, 2.75) is 104 Å². The SMILES string of the molecule is CC(C)[C@H]1CC[C@H](C(C)C)P1C1=C=C=C=[C-]1.CC(C)[C@H]1CC[C@H](C(C)C)P1C1=C=C=C=[C-]1.[Fe+2]. The first-order valence-electron chi connectivity index (χ1n) is 12.6. The van der Waals surface area contributed by atoms with Crippen LogP contribution >= 0.6 is 15.8 Å². The van der Waals surface area contributed by atoms with Crippen molar-refractivity contribution in [1.82, 2.24) is 0 Å². The van der Waals surface area contributed by atoms with Crippen LogP contribution in [0.25, 0.3) is 0 Å². The van der Waals surface area contributed by atoms with Crippen LogP contribution in [0.5, 0.6) is 0 Å². The summed E-state index contributed by atoms with van der Waals surface area (Å²) in [5, 5.41) is 2.59. The molecule has 2 heterocycles. The third-order valence-corrected chi connectivity index (χ3v) is 15.1. The van der Waals surface area contributed by atoms with E-state index >= 15 is 0 Å². The molecule has 0 saturated carbocycles. The van der Waals surface area contributed by atoms with Gasteiger partial charge in [0.2, 0.25) is 0 Å². The molecule has 0 nitrogen and oxygen atoms in total. The Balaban J connectivity index is 0.000000227. The maximum atomic E-state index is 3.24. The van der Waals surface area contributed by atoms with Crippen molar-refractivity contribution in [2.24, 2.45) is 23.7 Å². The van der Waals surface area contributed by atoms with E-state index in [9.17, 15) is 0 Å². The average molecular weight is 518 g/mol. The van der Waals surface area contributed by atoms with Crippen LogP contribution in [0.4, 0.5) is 0 Å². The zero-order valence-electron chi connectivity index (χ0n) is 21.7. The van der Waals surface area contributed by atoms with Gasteiger partial charge in [0.25, 0.3) is 0 Å². The van der Waals surface area contributed by atoms with Gasteiger partial charge in [-0.2, -0.15) is 0 Å². The summed E-state index contributed by atoms with van der Waals surface area (Å²) < 4.78 is 0. The van der Waals surface area contributed by atoms with E-state index in [1.165, 1.54) is 36.3 Å². The third kappa shape index (κ3) is 6.82. The molecule has 0 aromatic heterocycles. The van der Waals surface area contributed by atoms with Crippen LogP contribution < -0.4 is 0 Å². The molecule has 0 aromatic rings. The molecule has 0 N–H and O–H groups in total. The topological polar surface area (TPSA) is 0 Å². The Morgan fingerprint density at radius 3 is 1.03 bits per heavy atom. The Morgan fingerprint density at radius 2 is 0.848 bits per heavy atom. The average Bonchev–Trinajstić information content (AvgIpc) is 3.54. The fraction of sp³-hybridized carbons (Fsp3) is 0.667. The molecule has 2 aliphatic heterocycles. The van der Waals surface area contributed by atoms with Crippen LogP contribution in [0.2, 0.25) is 0 Å². The number of rotatable bonds is 6. The second-order valence-corrected chi connectivity index (χ2v) is 16.1. The van der Waals surface area contributed by atoms with Crippen molar-refractivity contribution >= 4 is 15.8 Å². The predicted octanol–water partition coefficient (Wildman–Crippen LogP) is 8.95. The Kier molecular flexibility index (Phi) is 11.3. The monoisotopic (exact) mass is 518 g/mol. The standard InChI is InChI=1S/2C15H20P.Fe/c2*1-11(2)14-9-10-15(12(3)4)16(14)13-7-5-6-8-13;/h2*11-12,14-15H,9-10H2,1-4H3;/q2*-1;+2/t2*14-,15-;/m11./s1. The largest absolute Gasteiger partial charge is 2.00 e.